The molecule has 7 atom stereocenters. The van der Waals surface area contributed by atoms with Crippen LogP contribution in [0.4, 0.5) is 0 Å². The lowest BCUT2D eigenvalue weighted by Crippen LogP contribution is -2.37. The number of esters is 2. The molecule has 0 aromatic heterocycles. The number of nitrogens with zero attached hydrogens (tertiary/aromatic N) is 1. The van der Waals surface area contributed by atoms with Gasteiger partial charge in [0, 0.05) is 25.2 Å². The molecule has 0 aromatic rings. The highest BCUT2D eigenvalue weighted by Gasteiger charge is 2.39. The molecule has 0 aromatic carbocycles. The van der Waals surface area contributed by atoms with E-state index in [1.807, 2.05) is 39.4 Å². The maximum Gasteiger partial charge on any atom is 0.472 e. The number of aliphatic hydroxyl groups is 3. The summed E-state index contributed by atoms with van der Waals surface area (Å²) in [4.78, 5) is 35.5. The first-order valence-corrected chi connectivity index (χ1v) is 23.5. The number of carbonyl (C=O) groups is 2. The van der Waals surface area contributed by atoms with Crippen LogP contribution in [0.15, 0.2) is 36.5 Å². The third-order valence-corrected chi connectivity index (χ3v) is 11.2. The first-order chi connectivity index (χ1) is 27.2. The molecule has 0 saturated heterocycles. The van der Waals surface area contributed by atoms with Gasteiger partial charge in [-0.25, -0.2) is 4.57 Å². The van der Waals surface area contributed by atoms with Crippen molar-refractivity contribution in [3.05, 3.63) is 36.5 Å². The molecular weight excluding hydrogens is 749 g/mol. The molecule has 1 unspecified atom stereocenters. The topological polar surface area (TPSA) is 169 Å². The lowest BCUT2D eigenvalue weighted by molar-refractivity contribution is -0.870. The van der Waals surface area contributed by atoms with Crippen LogP contribution in [0.1, 0.15) is 149 Å². The van der Waals surface area contributed by atoms with Gasteiger partial charge in [0.15, 0.2) is 6.10 Å². The Morgan fingerprint density at radius 3 is 2.04 bits per heavy atom. The molecule has 0 heterocycles. The van der Waals surface area contributed by atoms with Gasteiger partial charge >= 0.3 is 19.8 Å². The molecule has 1 rings (SSSR count). The maximum absolute atomic E-state index is 12.8. The number of hydrogen-bond donors (Lipinski definition) is 4. The fraction of sp³-hybridized carbons (Fsp3) is 0.818. The SMILES string of the molecule is CCCCCC/C=C\CCCCCCCC(=O)OC[C@H](COP(=O)(O)OCC[N+](C)(C)C)OC(=O)CCC/C=C/C[C@@H]1[C@@H](/C=C/[C@@H](O)CCCCC)[C@H](O)C[C@@H]1O. The molecule has 0 spiro atoms. The molecule has 0 amide bonds. The second-order valence-electron chi connectivity index (χ2n) is 16.7. The summed E-state index contributed by atoms with van der Waals surface area (Å²) in [6.07, 6.45) is 27.2. The molecule has 1 aliphatic rings. The molecule has 13 heteroatoms. The highest BCUT2D eigenvalue weighted by Crippen LogP contribution is 2.43. The quantitative estimate of drug-likeness (QED) is 0.0159. The lowest BCUT2D eigenvalue weighted by atomic mass is 9.89. The zero-order valence-electron chi connectivity index (χ0n) is 36.1. The van der Waals surface area contributed by atoms with Crippen molar-refractivity contribution in [3.63, 3.8) is 0 Å². The standard InChI is InChI=1S/C44H80NO11P/c1-6-8-10-11-12-13-14-15-16-17-18-19-24-28-43(49)53-35-38(36-55-57(51,52)54-33-32-45(3,4)5)56-44(50)29-25-21-20-23-27-39-40(42(48)34-41(39)47)31-30-37(46)26-22-9-7-2/h13-14,20,23,30-31,37-42,46-48H,6-12,15-19,21-22,24-29,32-36H2,1-5H3/p+1/b14-13-,23-20+,31-30+/t37-,38+,39+,40+,41-,42+/m0/s1. The van der Waals surface area contributed by atoms with E-state index >= 15 is 0 Å². The number of unbranched alkanes of at least 4 members (excludes halogenated alkanes) is 12. The summed E-state index contributed by atoms with van der Waals surface area (Å²) >= 11 is 0. The van der Waals surface area contributed by atoms with Crippen LogP contribution in [-0.2, 0) is 32.7 Å². The van der Waals surface area contributed by atoms with Gasteiger partial charge in [0.1, 0.15) is 19.8 Å². The monoisotopic (exact) mass is 831 g/mol. The van der Waals surface area contributed by atoms with Crippen molar-refractivity contribution < 1.29 is 57.4 Å². The fourth-order valence-electron chi connectivity index (χ4n) is 6.65. The average molecular weight is 831 g/mol. The third kappa shape index (κ3) is 29.1. The largest absolute Gasteiger partial charge is 0.472 e. The molecule has 0 bridgehead atoms. The summed E-state index contributed by atoms with van der Waals surface area (Å²) in [6.45, 7) is 4.00. The second kappa shape index (κ2) is 32.0. The molecule has 332 valence electrons. The van der Waals surface area contributed by atoms with Crippen molar-refractivity contribution in [2.75, 3.05) is 47.5 Å². The van der Waals surface area contributed by atoms with Gasteiger partial charge in [-0.3, -0.25) is 18.6 Å². The molecule has 1 saturated carbocycles. The number of allylic oxidation sites excluding steroid dienone is 4. The van der Waals surface area contributed by atoms with E-state index in [-0.39, 0.29) is 44.3 Å². The number of phosphoric ester groups is 1. The van der Waals surface area contributed by atoms with E-state index in [2.05, 4.69) is 26.0 Å². The Balaban J connectivity index is 2.54. The van der Waals surface area contributed by atoms with Crippen LogP contribution < -0.4 is 0 Å². The predicted octanol–water partition coefficient (Wildman–Crippen LogP) is 8.51. The Kier molecular flexibility index (Phi) is 29.8. The van der Waals surface area contributed by atoms with Crippen LogP contribution in [0.3, 0.4) is 0 Å². The fourth-order valence-corrected chi connectivity index (χ4v) is 7.39. The van der Waals surface area contributed by atoms with Crippen molar-refractivity contribution in [2.45, 2.75) is 173 Å². The van der Waals surface area contributed by atoms with Gasteiger partial charge in [-0.1, -0.05) is 108 Å². The number of quaternary nitrogens is 1. The Morgan fingerprint density at radius 1 is 0.754 bits per heavy atom. The first-order valence-electron chi connectivity index (χ1n) is 22.0. The summed E-state index contributed by atoms with van der Waals surface area (Å²) in [5.74, 6) is -1.42. The van der Waals surface area contributed by atoms with Crippen molar-refractivity contribution in [1.82, 2.24) is 0 Å². The second-order valence-corrected chi connectivity index (χ2v) is 18.1. The zero-order valence-corrected chi connectivity index (χ0v) is 37.0. The van der Waals surface area contributed by atoms with E-state index in [1.54, 1.807) is 6.08 Å². The summed E-state index contributed by atoms with van der Waals surface area (Å²) in [5, 5.41) is 31.4. The zero-order chi connectivity index (χ0) is 42.4. The van der Waals surface area contributed by atoms with Gasteiger partial charge in [-0.15, -0.1) is 0 Å². The predicted molar refractivity (Wildman–Crippen MR) is 226 cm³/mol. The Hall–Kier alpha value is -1.89. The van der Waals surface area contributed by atoms with E-state index in [0.29, 0.717) is 43.1 Å². The minimum Gasteiger partial charge on any atom is -0.462 e. The molecule has 1 aliphatic carbocycles. The van der Waals surface area contributed by atoms with Crippen LogP contribution in [0, 0.1) is 11.8 Å². The van der Waals surface area contributed by atoms with Crippen molar-refractivity contribution >= 4 is 19.8 Å². The minimum atomic E-state index is -4.44. The summed E-state index contributed by atoms with van der Waals surface area (Å²) in [6, 6.07) is 0. The van der Waals surface area contributed by atoms with Crippen LogP contribution in [0.5, 0.6) is 0 Å². The van der Waals surface area contributed by atoms with Gasteiger partial charge < -0.3 is 34.2 Å². The van der Waals surface area contributed by atoms with Crippen molar-refractivity contribution in [2.24, 2.45) is 11.8 Å². The summed E-state index contributed by atoms with van der Waals surface area (Å²) in [7, 11) is 1.32. The van der Waals surface area contributed by atoms with Crippen molar-refractivity contribution in [1.29, 1.82) is 0 Å². The van der Waals surface area contributed by atoms with E-state index in [1.165, 1.54) is 25.7 Å². The number of ether oxygens (including phenoxy) is 2. The minimum absolute atomic E-state index is 0.0139. The van der Waals surface area contributed by atoms with E-state index in [9.17, 15) is 34.4 Å². The van der Waals surface area contributed by atoms with Gasteiger partial charge in [-0.05, 0) is 63.7 Å². The van der Waals surface area contributed by atoms with Gasteiger partial charge in [0.2, 0.25) is 0 Å². The Morgan fingerprint density at radius 2 is 1.35 bits per heavy atom. The molecule has 4 N–H and O–H groups in total. The Bertz CT molecular complexity index is 1190. The lowest BCUT2D eigenvalue weighted by Gasteiger charge is -2.24. The molecule has 57 heavy (non-hydrogen) atoms. The smallest absolute Gasteiger partial charge is 0.462 e. The van der Waals surface area contributed by atoms with Crippen LogP contribution >= 0.6 is 7.82 Å². The average Bonchev–Trinajstić information content (AvgIpc) is 3.41. The number of carbonyl (C=O) groups excluding carboxylic acids is 2. The van der Waals surface area contributed by atoms with Gasteiger partial charge in [0.05, 0.1) is 46.1 Å². The highest BCUT2D eigenvalue weighted by molar-refractivity contribution is 7.47. The molecular formula is C44H81NO11P+. The van der Waals surface area contributed by atoms with E-state index in [0.717, 1.165) is 57.8 Å². The van der Waals surface area contributed by atoms with Gasteiger partial charge in [-0.2, -0.15) is 0 Å². The van der Waals surface area contributed by atoms with Crippen LogP contribution in [0.2, 0.25) is 0 Å². The molecule has 0 radical (unpaired) electrons. The maximum atomic E-state index is 12.8. The normalized spacial score (nSPS) is 21.1. The van der Waals surface area contributed by atoms with Crippen molar-refractivity contribution in [3.8, 4) is 0 Å². The number of rotatable bonds is 35. The van der Waals surface area contributed by atoms with Gasteiger partial charge in [0.25, 0.3) is 0 Å². The first kappa shape index (κ1) is 53.1. The van der Waals surface area contributed by atoms with E-state index in [4.69, 9.17) is 18.5 Å². The molecule has 12 nitrogen and oxygen atoms in total. The number of likely N-dealkylation sites (N-methyl/N-ethyl adjacent to an activating group) is 1. The van der Waals surface area contributed by atoms with Crippen LogP contribution in [0.25, 0.3) is 0 Å². The summed E-state index contributed by atoms with van der Waals surface area (Å²) < 4.78 is 34.2. The number of aliphatic hydroxyl groups excluding tert-OH is 3. The molecule has 1 fully saturated rings. The number of phosphoric acid groups is 1. The van der Waals surface area contributed by atoms with Crippen LogP contribution in [-0.4, -0.2) is 109 Å². The third-order valence-electron chi connectivity index (χ3n) is 10.2. The molecule has 0 aliphatic heterocycles. The summed E-state index contributed by atoms with van der Waals surface area (Å²) in [5.41, 5.74) is 0. The highest BCUT2D eigenvalue weighted by atomic mass is 31.2. The Labute approximate surface area is 345 Å². The van der Waals surface area contributed by atoms with E-state index < -0.39 is 50.8 Å². The number of hydrogen-bond acceptors (Lipinski definition) is 10.